The summed E-state index contributed by atoms with van der Waals surface area (Å²) in [5, 5.41) is 0. The summed E-state index contributed by atoms with van der Waals surface area (Å²) in [7, 11) is 3.99. The van der Waals surface area contributed by atoms with Crippen molar-refractivity contribution < 1.29 is 4.74 Å². The number of piperidine rings is 1. The first-order valence-corrected chi connectivity index (χ1v) is 8.53. The smallest absolute Gasteiger partial charge is 0.123 e. The minimum atomic E-state index is 0.794. The molecule has 0 amide bonds. The second-order valence-electron chi connectivity index (χ2n) is 6.66. The summed E-state index contributed by atoms with van der Waals surface area (Å²) in [4.78, 5) is 7.72. The molecule has 0 spiro atoms. The van der Waals surface area contributed by atoms with Crippen LogP contribution >= 0.6 is 0 Å². The molecule has 3 rings (SSSR count). The van der Waals surface area contributed by atoms with Crippen LogP contribution in [0.5, 0.6) is 5.75 Å². The molecule has 0 saturated carbocycles. The van der Waals surface area contributed by atoms with Crippen LogP contribution in [0.15, 0.2) is 24.3 Å². The quantitative estimate of drug-likeness (QED) is 0.846. The summed E-state index contributed by atoms with van der Waals surface area (Å²) in [6.45, 7) is 8.35. The Morgan fingerprint density at radius 1 is 1.00 bits per heavy atom. The Bertz CT molecular complexity index is 463. The van der Waals surface area contributed by atoms with E-state index in [1.807, 2.05) is 6.07 Å². The molecule has 2 saturated heterocycles. The number of hydrogen-bond acceptors (Lipinski definition) is 4. The van der Waals surface area contributed by atoms with E-state index in [0.717, 1.165) is 18.3 Å². The van der Waals surface area contributed by atoms with Gasteiger partial charge in [0.05, 0.1) is 7.11 Å². The van der Waals surface area contributed by atoms with Crippen molar-refractivity contribution in [2.75, 3.05) is 53.4 Å². The normalized spacial score (nSPS) is 22.8. The van der Waals surface area contributed by atoms with Crippen LogP contribution < -0.4 is 4.74 Å². The highest BCUT2D eigenvalue weighted by Gasteiger charge is 2.26. The summed E-state index contributed by atoms with van der Waals surface area (Å²) < 4.78 is 5.47. The van der Waals surface area contributed by atoms with Gasteiger partial charge in [-0.05, 0) is 39.0 Å². The number of nitrogens with zero attached hydrogens (tertiary/aromatic N) is 3. The number of likely N-dealkylation sites (tertiary alicyclic amines) is 1. The number of rotatable bonds is 4. The van der Waals surface area contributed by atoms with Crippen LogP contribution in [0.25, 0.3) is 0 Å². The van der Waals surface area contributed by atoms with Gasteiger partial charge in [0.1, 0.15) is 5.75 Å². The fraction of sp³-hybridized carbons (Fsp3) is 0.667. The van der Waals surface area contributed by atoms with E-state index in [1.165, 1.54) is 57.7 Å². The monoisotopic (exact) mass is 303 g/mol. The van der Waals surface area contributed by atoms with Crippen LogP contribution in [0.4, 0.5) is 0 Å². The maximum atomic E-state index is 5.47. The fourth-order valence-corrected chi connectivity index (χ4v) is 3.70. The third-order valence-electron chi connectivity index (χ3n) is 5.20. The maximum absolute atomic E-state index is 5.47. The minimum absolute atomic E-state index is 0.794. The molecule has 0 aliphatic carbocycles. The predicted octanol–water partition coefficient (Wildman–Crippen LogP) is 1.91. The summed E-state index contributed by atoms with van der Waals surface area (Å²) in [6, 6.07) is 9.19. The zero-order valence-electron chi connectivity index (χ0n) is 14.0. The van der Waals surface area contributed by atoms with E-state index in [-0.39, 0.29) is 0 Å². The van der Waals surface area contributed by atoms with E-state index in [9.17, 15) is 0 Å². The van der Waals surface area contributed by atoms with Gasteiger partial charge in [0, 0.05) is 44.3 Å². The number of methoxy groups -OCH3 is 1. The van der Waals surface area contributed by atoms with Gasteiger partial charge >= 0.3 is 0 Å². The van der Waals surface area contributed by atoms with Crippen molar-refractivity contribution in [2.45, 2.75) is 25.4 Å². The first-order chi connectivity index (χ1) is 10.8. The molecule has 2 aliphatic heterocycles. The molecule has 2 aliphatic rings. The van der Waals surface area contributed by atoms with Crippen molar-refractivity contribution >= 4 is 0 Å². The highest BCUT2D eigenvalue weighted by atomic mass is 16.5. The lowest BCUT2D eigenvalue weighted by Gasteiger charge is -2.42. The van der Waals surface area contributed by atoms with Gasteiger partial charge in [-0.25, -0.2) is 0 Å². The number of piperazine rings is 1. The Morgan fingerprint density at radius 2 is 1.68 bits per heavy atom. The molecule has 1 aromatic carbocycles. The average Bonchev–Trinajstić information content (AvgIpc) is 2.57. The number of hydrogen-bond donors (Lipinski definition) is 0. The largest absolute Gasteiger partial charge is 0.496 e. The summed E-state index contributed by atoms with van der Waals surface area (Å²) in [5.41, 5.74) is 1.31. The first kappa shape index (κ1) is 15.8. The van der Waals surface area contributed by atoms with E-state index in [0.29, 0.717) is 0 Å². The Labute approximate surface area is 134 Å². The van der Waals surface area contributed by atoms with Crippen LogP contribution in [-0.4, -0.2) is 74.2 Å². The molecular weight excluding hydrogens is 274 g/mol. The third-order valence-corrected chi connectivity index (χ3v) is 5.20. The molecule has 0 N–H and O–H groups in total. The standard InChI is InChI=1S/C18H29N3O/c1-19-11-13-21(14-12-19)17-7-9-20(10-8-17)15-16-5-3-4-6-18(16)22-2/h3-6,17H,7-15H2,1-2H3. The molecule has 22 heavy (non-hydrogen) atoms. The molecule has 2 fully saturated rings. The van der Waals surface area contributed by atoms with Gasteiger partial charge in [-0.1, -0.05) is 18.2 Å². The Morgan fingerprint density at radius 3 is 2.36 bits per heavy atom. The van der Waals surface area contributed by atoms with Crippen LogP contribution in [0, 0.1) is 0 Å². The van der Waals surface area contributed by atoms with Gasteiger partial charge < -0.3 is 9.64 Å². The van der Waals surface area contributed by atoms with E-state index >= 15 is 0 Å². The molecule has 0 atom stereocenters. The summed E-state index contributed by atoms with van der Waals surface area (Å²) in [5.74, 6) is 1.02. The van der Waals surface area contributed by atoms with Crippen molar-refractivity contribution in [3.63, 3.8) is 0 Å². The second-order valence-corrected chi connectivity index (χ2v) is 6.66. The van der Waals surface area contributed by atoms with Crippen molar-refractivity contribution in [1.82, 2.24) is 14.7 Å². The molecule has 1 aromatic rings. The van der Waals surface area contributed by atoms with Gasteiger partial charge in [0.15, 0.2) is 0 Å². The SMILES string of the molecule is COc1ccccc1CN1CCC(N2CCN(C)CC2)CC1. The first-order valence-electron chi connectivity index (χ1n) is 8.53. The van der Waals surface area contributed by atoms with Crippen molar-refractivity contribution in [3.05, 3.63) is 29.8 Å². The topological polar surface area (TPSA) is 19.0 Å². The Kier molecular flexibility index (Phi) is 5.34. The van der Waals surface area contributed by atoms with E-state index < -0.39 is 0 Å². The van der Waals surface area contributed by atoms with Gasteiger partial charge in [-0.2, -0.15) is 0 Å². The zero-order valence-corrected chi connectivity index (χ0v) is 14.0. The van der Waals surface area contributed by atoms with E-state index in [1.54, 1.807) is 7.11 Å². The lowest BCUT2D eigenvalue weighted by atomic mass is 10.0. The molecule has 0 radical (unpaired) electrons. The summed E-state index contributed by atoms with van der Waals surface area (Å²) >= 11 is 0. The van der Waals surface area contributed by atoms with Gasteiger partial charge in [-0.15, -0.1) is 0 Å². The van der Waals surface area contributed by atoms with Crippen LogP contribution in [-0.2, 0) is 6.54 Å². The Balaban J connectivity index is 1.49. The Hall–Kier alpha value is -1.10. The highest BCUT2D eigenvalue weighted by molar-refractivity contribution is 5.33. The molecule has 4 nitrogen and oxygen atoms in total. The molecule has 2 heterocycles. The third kappa shape index (κ3) is 3.80. The average molecular weight is 303 g/mol. The number of para-hydroxylation sites is 1. The van der Waals surface area contributed by atoms with E-state index in [2.05, 4.69) is 39.9 Å². The van der Waals surface area contributed by atoms with Crippen molar-refractivity contribution in [3.8, 4) is 5.75 Å². The van der Waals surface area contributed by atoms with Crippen molar-refractivity contribution in [1.29, 1.82) is 0 Å². The number of likely N-dealkylation sites (N-methyl/N-ethyl adjacent to an activating group) is 1. The zero-order chi connectivity index (χ0) is 15.4. The van der Waals surface area contributed by atoms with Crippen molar-refractivity contribution in [2.24, 2.45) is 0 Å². The maximum Gasteiger partial charge on any atom is 0.123 e. The van der Waals surface area contributed by atoms with E-state index in [4.69, 9.17) is 4.74 Å². The molecule has 122 valence electrons. The molecule has 0 aromatic heterocycles. The molecule has 0 bridgehead atoms. The number of benzene rings is 1. The fourth-order valence-electron chi connectivity index (χ4n) is 3.70. The summed E-state index contributed by atoms with van der Waals surface area (Å²) in [6.07, 6.45) is 2.61. The lowest BCUT2D eigenvalue weighted by Crippen LogP contribution is -2.52. The minimum Gasteiger partial charge on any atom is -0.496 e. The molecule has 0 unspecified atom stereocenters. The molecular formula is C18H29N3O. The second kappa shape index (κ2) is 7.44. The van der Waals surface area contributed by atoms with Gasteiger partial charge in [-0.3, -0.25) is 9.80 Å². The van der Waals surface area contributed by atoms with Crippen LogP contribution in [0.3, 0.4) is 0 Å². The van der Waals surface area contributed by atoms with Crippen LogP contribution in [0.2, 0.25) is 0 Å². The van der Waals surface area contributed by atoms with Gasteiger partial charge in [0.25, 0.3) is 0 Å². The number of ether oxygens (including phenoxy) is 1. The lowest BCUT2D eigenvalue weighted by molar-refractivity contribution is 0.0656. The highest BCUT2D eigenvalue weighted by Crippen LogP contribution is 2.23. The molecule has 4 heteroatoms. The van der Waals surface area contributed by atoms with Gasteiger partial charge in [0.2, 0.25) is 0 Å². The van der Waals surface area contributed by atoms with Crippen LogP contribution in [0.1, 0.15) is 18.4 Å². The predicted molar refractivity (Wildman–Crippen MR) is 90.4 cm³/mol.